The number of aromatic carboxylic acids is 1. The minimum atomic E-state index is -1.39. The minimum Gasteiger partial charge on any atom is -0.478 e. The molecule has 0 saturated heterocycles. The Bertz CT molecular complexity index is 1690. The van der Waals surface area contributed by atoms with Crippen molar-refractivity contribution in [3.05, 3.63) is 93.4 Å². The summed E-state index contributed by atoms with van der Waals surface area (Å²) in [5.74, 6) is -3.76. The van der Waals surface area contributed by atoms with E-state index in [4.69, 9.17) is 5.11 Å². The number of nitrogens with one attached hydrogen (secondary N) is 1. The summed E-state index contributed by atoms with van der Waals surface area (Å²) in [5, 5.41) is 12.4. The van der Waals surface area contributed by atoms with Crippen LogP contribution in [0.15, 0.2) is 53.6 Å². The number of hydrogen-bond donors (Lipinski definition) is 2. The lowest BCUT2D eigenvalue weighted by Gasteiger charge is -2.32. The van der Waals surface area contributed by atoms with Gasteiger partial charge in [0.15, 0.2) is 5.82 Å². The molecule has 41 heavy (non-hydrogen) atoms. The van der Waals surface area contributed by atoms with Crippen LogP contribution in [0.2, 0.25) is 0 Å². The summed E-state index contributed by atoms with van der Waals surface area (Å²) < 4.78 is 46.9. The van der Waals surface area contributed by atoms with Crippen molar-refractivity contribution >= 4 is 28.3 Å². The van der Waals surface area contributed by atoms with Crippen LogP contribution in [0.3, 0.4) is 0 Å². The number of aryl methyl sites for hydroxylation is 1. The normalized spacial score (nSPS) is 14.3. The van der Waals surface area contributed by atoms with Gasteiger partial charge in [-0.1, -0.05) is 19.9 Å². The molecule has 0 aliphatic carbocycles. The molecule has 3 aromatic heterocycles. The van der Waals surface area contributed by atoms with Gasteiger partial charge in [0.1, 0.15) is 17.3 Å². The number of nitrogens with zero attached hydrogens (tertiary/aromatic N) is 4. The van der Waals surface area contributed by atoms with Crippen molar-refractivity contribution < 1.29 is 23.1 Å². The van der Waals surface area contributed by atoms with Gasteiger partial charge in [0, 0.05) is 62.1 Å². The summed E-state index contributed by atoms with van der Waals surface area (Å²) in [7, 11) is 3.40. The number of pyridine rings is 2. The topological polar surface area (TPSA) is 92.4 Å². The number of carboxylic acid groups (broad SMARTS) is 1. The van der Waals surface area contributed by atoms with E-state index in [1.807, 2.05) is 38.5 Å². The lowest BCUT2D eigenvalue weighted by atomic mass is 9.96. The zero-order valence-corrected chi connectivity index (χ0v) is 23.5. The lowest BCUT2D eigenvalue weighted by molar-refractivity contribution is 0.0695. The predicted molar refractivity (Wildman–Crippen MR) is 153 cm³/mol. The van der Waals surface area contributed by atoms with Gasteiger partial charge in [-0.15, -0.1) is 0 Å². The van der Waals surface area contributed by atoms with E-state index in [1.54, 1.807) is 25.4 Å². The largest absolute Gasteiger partial charge is 0.478 e. The maximum absolute atomic E-state index is 14.6. The second-order valence-electron chi connectivity index (χ2n) is 9.46. The van der Waals surface area contributed by atoms with E-state index >= 15 is 0 Å². The van der Waals surface area contributed by atoms with E-state index < -0.39 is 34.5 Å². The van der Waals surface area contributed by atoms with Crippen molar-refractivity contribution in [1.29, 1.82) is 0 Å². The highest BCUT2D eigenvalue weighted by Crippen LogP contribution is 2.33. The number of benzene rings is 1. The summed E-state index contributed by atoms with van der Waals surface area (Å²) in [6, 6.07) is 6.32. The van der Waals surface area contributed by atoms with Gasteiger partial charge in [0.2, 0.25) is 0 Å². The van der Waals surface area contributed by atoms with Gasteiger partial charge in [-0.2, -0.15) is 0 Å². The third-order valence-corrected chi connectivity index (χ3v) is 7.30. The van der Waals surface area contributed by atoms with Crippen LogP contribution in [-0.4, -0.2) is 50.2 Å². The second kappa shape index (κ2) is 12.0. The number of aromatic nitrogens is 3. The Morgan fingerprint density at radius 2 is 1.78 bits per heavy atom. The molecule has 0 spiro atoms. The van der Waals surface area contributed by atoms with Crippen LogP contribution in [0.1, 0.15) is 54.8 Å². The van der Waals surface area contributed by atoms with E-state index in [2.05, 4.69) is 15.2 Å². The van der Waals surface area contributed by atoms with Crippen molar-refractivity contribution in [2.45, 2.75) is 33.2 Å². The number of carboxylic acids is 1. The number of carbonyl (C=O) groups is 1. The number of halogens is 3. The molecule has 0 fully saturated rings. The Morgan fingerprint density at radius 1 is 1.10 bits per heavy atom. The summed E-state index contributed by atoms with van der Waals surface area (Å²) in [6.07, 6.45) is 4.83. The van der Waals surface area contributed by atoms with Gasteiger partial charge < -0.3 is 15.0 Å². The maximum Gasteiger partial charge on any atom is 0.335 e. The molecule has 0 saturated carbocycles. The average Bonchev–Trinajstić information content (AvgIpc) is 3.31. The first kappa shape index (κ1) is 29.6. The summed E-state index contributed by atoms with van der Waals surface area (Å²) in [4.78, 5) is 30.5. The lowest BCUT2D eigenvalue weighted by Crippen LogP contribution is -2.32. The molecule has 1 aliphatic rings. The van der Waals surface area contributed by atoms with E-state index in [-0.39, 0.29) is 17.3 Å². The van der Waals surface area contributed by atoms with Gasteiger partial charge in [-0.3, -0.25) is 14.3 Å². The molecule has 8 nitrogen and oxygen atoms in total. The predicted octanol–water partition coefficient (Wildman–Crippen LogP) is 5.76. The summed E-state index contributed by atoms with van der Waals surface area (Å²) in [6.45, 7) is 6.92. The first-order valence-corrected chi connectivity index (χ1v) is 13.3. The number of hydrogen-bond acceptors (Lipinski definition) is 5. The van der Waals surface area contributed by atoms with Gasteiger partial charge in [0.05, 0.1) is 23.1 Å². The van der Waals surface area contributed by atoms with Crippen molar-refractivity contribution in [1.82, 2.24) is 19.0 Å². The molecule has 1 aromatic carbocycles. The fraction of sp³-hybridized carbons (Fsp3) is 0.300. The molecule has 216 valence electrons. The Morgan fingerprint density at radius 3 is 2.37 bits per heavy atom. The summed E-state index contributed by atoms with van der Waals surface area (Å²) >= 11 is 0. The first-order valence-electron chi connectivity index (χ1n) is 13.3. The third-order valence-electron chi connectivity index (χ3n) is 7.30. The van der Waals surface area contributed by atoms with Crippen molar-refractivity contribution in [3.63, 3.8) is 0 Å². The van der Waals surface area contributed by atoms with E-state index in [0.29, 0.717) is 41.8 Å². The Hall–Kier alpha value is -4.38. The molecule has 4 heterocycles. The van der Waals surface area contributed by atoms with Crippen LogP contribution in [0.25, 0.3) is 22.3 Å². The van der Waals surface area contributed by atoms with Crippen LogP contribution in [0, 0.1) is 17.5 Å². The van der Waals surface area contributed by atoms with Crippen LogP contribution in [0.5, 0.6) is 0 Å². The molecule has 1 aliphatic heterocycles. The van der Waals surface area contributed by atoms with Crippen LogP contribution in [-0.2, 0) is 7.05 Å². The zero-order chi connectivity index (χ0) is 30.0. The van der Waals surface area contributed by atoms with E-state index in [1.165, 1.54) is 10.6 Å². The number of anilines is 1. The summed E-state index contributed by atoms with van der Waals surface area (Å²) in [5.41, 5.74) is 1.57. The molecule has 11 heteroatoms. The molecule has 0 radical (unpaired) electrons. The fourth-order valence-corrected chi connectivity index (χ4v) is 5.18. The smallest absolute Gasteiger partial charge is 0.335 e. The minimum absolute atomic E-state index is 0.110. The van der Waals surface area contributed by atoms with Crippen LogP contribution < -0.4 is 10.9 Å². The quantitative estimate of drug-likeness (QED) is 0.308. The average molecular weight is 568 g/mol. The molecular weight excluding hydrogens is 535 g/mol. The Kier molecular flexibility index (Phi) is 8.67. The zero-order valence-electron chi connectivity index (χ0n) is 23.5. The molecule has 1 unspecified atom stereocenters. The van der Waals surface area contributed by atoms with Gasteiger partial charge in [0.25, 0.3) is 5.56 Å². The highest BCUT2D eigenvalue weighted by Gasteiger charge is 2.26. The highest BCUT2D eigenvalue weighted by molar-refractivity contribution is 5.88. The first-order chi connectivity index (χ1) is 19.6. The van der Waals surface area contributed by atoms with Gasteiger partial charge in [-0.05, 0) is 43.2 Å². The van der Waals surface area contributed by atoms with Crippen molar-refractivity contribution in [2.75, 3.05) is 25.5 Å². The highest BCUT2D eigenvalue weighted by atomic mass is 19.1. The Labute approximate surface area is 235 Å². The number of fused-ring (bicyclic) bond motifs is 1. The number of rotatable bonds is 6. The third kappa shape index (κ3) is 5.49. The SMILES string of the molecule is CC.CNc1cc(=O)n(-c2ccnc3c2cc(C(C)N2CC=C(c4c(F)cc(C(=O)O)cc4F)CC2)n3C)cc1F. The molecular formula is C30H32F3N5O3. The second-order valence-corrected chi connectivity index (χ2v) is 9.46. The van der Waals surface area contributed by atoms with Crippen molar-refractivity contribution in [2.24, 2.45) is 7.05 Å². The fourth-order valence-electron chi connectivity index (χ4n) is 5.18. The van der Waals surface area contributed by atoms with Gasteiger partial charge >= 0.3 is 5.97 Å². The van der Waals surface area contributed by atoms with Gasteiger partial charge in [-0.25, -0.2) is 22.9 Å². The van der Waals surface area contributed by atoms with E-state index in [9.17, 15) is 22.8 Å². The van der Waals surface area contributed by atoms with Crippen LogP contribution in [0.4, 0.5) is 18.9 Å². The standard InChI is InChI=1S/C28H26F3N5O3.C2H6/c1-15(35-8-5-16(6-9-35)26-19(29)10-17(28(38)39)11-20(26)30)24-12-18-23(4-7-33-27(18)34(24)3)36-14-21(31)22(32-2)13-25(36)37;1-2/h4-5,7,10-15,32H,6,8-9H2,1-3H3,(H,38,39);1-2H3. The molecule has 0 bridgehead atoms. The Balaban J connectivity index is 0.00000189. The van der Waals surface area contributed by atoms with Crippen LogP contribution >= 0.6 is 0 Å². The molecule has 4 aromatic rings. The molecule has 0 amide bonds. The molecule has 1 atom stereocenters. The van der Waals surface area contributed by atoms with Crippen molar-refractivity contribution in [3.8, 4) is 5.69 Å². The molecule has 5 rings (SSSR count). The maximum atomic E-state index is 14.6. The monoisotopic (exact) mass is 567 g/mol. The molecule has 2 N–H and O–H groups in total. The van der Waals surface area contributed by atoms with E-state index in [0.717, 1.165) is 24.0 Å².